The fourth-order valence-electron chi connectivity index (χ4n) is 2.31. The molecule has 1 aromatic carbocycles. The second kappa shape index (κ2) is 4.27. The second-order valence-electron chi connectivity index (χ2n) is 4.69. The van der Waals surface area contributed by atoms with Gasteiger partial charge >= 0.3 is 10.2 Å². The number of hydrogen-bond acceptors (Lipinski definition) is 5. The quantitative estimate of drug-likeness (QED) is 0.786. The lowest BCUT2D eigenvalue weighted by Gasteiger charge is -2.15. The fourth-order valence-corrected chi connectivity index (χ4v) is 2.98. The summed E-state index contributed by atoms with van der Waals surface area (Å²) in [5, 5.41) is -1.30. The van der Waals surface area contributed by atoms with Crippen LogP contribution in [-0.4, -0.2) is 31.1 Å². The zero-order valence-corrected chi connectivity index (χ0v) is 11.4. The van der Waals surface area contributed by atoms with Crippen LogP contribution in [0.5, 0.6) is 0 Å². The molecule has 6 nitrogen and oxygen atoms in total. The number of carbonyl (C=O) groups is 1. The summed E-state index contributed by atoms with van der Waals surface area (Å²) >= 11 is 0. The number of carbonyl (C=O) groups excluding carboxylic acids is 1. The van der Waals surface area contributed by atoms with E-state index in [-0.39, 0.29) is 13.0 Å². The van der Waals surface area contributed by atoms with E-state index in [1.807, 2.05) is 0 Å². The lowest BCUT2D eigenvalue weighted by atomic mass is 10.2. The van der Waals surface area contributed by atoms with E-state index in [2.05, 4.69) is 4.98 Å². The third kappa shape index (κ3) is 2.15. The first-order valence-corrected chi connectivity index (χ1v) is 7.40. The molecule has 0 bridgehead atoms. The Morgan fingerprint density at radius 1 is 1.45 bits per heavy atom. The molecule has 106 valence electrons. The highest BCUT2D eigenvalue weighted by molar-refractivity contribution is 7.87. The van der Waals surface area contributed by atoms with Crippen molar-refractivity contribution in [2.45, 2.75) is 18.6 Å². The van der Waals surface area contributed by atoms with Crippen molar-refractivity contribution in [1.29, 1.82) is 0 Å². The average molecular weight is 298 g/mol. The summed E-state index contributed by atoms with van der Waals surface area (Å²) in [4.78, 5) is 17.2. The van der Waals surface area contributed by atoms with Crippen molar-refractivity contribution in [3.63, 3.8) is 0 Å². The number of halogens is 1. The highest BCUT2D eigenvalue weighted by atomic mass is 32.3. The van der Waals surface area contributed by atoms with Crippen molar-refractivity contribution in [2.24, 2.45) is 0 Å². The van der Waals surface area contributed by atoms with E-state index in [4.69, 9.17) is 4.42 Å². The number of aryl methyl sites for hydroxylation is 1. The van der Waals surface area contributed by atoms with E-state index in [1.54, 1.807) is 25.1 Å². The molecule has 1 aromatic heterocycles. The third-order valence-corrected chi connectivity index (χ3v) is 4.39. The molecule has 1 aliphatic rings. The van der Waals surface area contributed by atoms with Crippen LogP contribution in [0.1, 0.15) is 12.3 Å². The third-order valence-electron chi connectivity index (χ3n) is 3.28. The van der Waals surface area contributed by atoms with E-state index in [9.17, 15) is 17.1 Å². The van der Waals surface area contributed by atoms with E-state index in [0.717, 1.165) is 0 Å². The summed E-state index contributed by atoms with van der Waals surface area (Å²) in [6.45, 7) is 1.52. The molecule has 0 radical (unpaired) electrons. The van der Waals surface area contributed by atoms with Crippen molar-refractivity contribution in [3.05, 3.63) is 24.1 Å². The van der Waals surface area contributed by atoms with Gasteiger partial charge in [-0.25, -0.2) is 4.98 Å². The van der Waals surface area contributed by atoms with Gasteiger partial charge in [0.2, 0.25) is 5.91 Å². The Labute approximate surface area is 114 Å². The largest absolute Gasteiger partial charge is 0.441 e. The molecule has 0 N–H and O–H groups in total. The molecule has 1 aliphatic heterocycles. The first kappa shape index (κ1) is 13.0. The van der Waals surface area contributed by atoms with Gasteiger partial charge in [-0.05, 0) is 12.1 Å². The monoisotopic (exact) mass is 298 g/mol. The molecular weight excluding hydrogens is 287 g/mol. The Balaban J connectivity index is 1.97. The van der Waals surface area contributed by atoms with Gasteiger partial charge in [-0.15, -0.1) is 3.89 Å². The van der Waals surface area contributed by atoms with Crippen LogP contribution in [0.25, 0.3) is 11.1 Å². The van der Waals surface area contributed by atoms with Gasteiger partial charge in [0.1, 0.15) is 10.8 Å². The first-order chi connectivity index (χ1) is 9.34. The van der Waals surface area contributed by atoms with Crippen molar-refractivity contribution < 1.29 is 21.5 Å². The topological polar surface area (TPSA) is 80.5 Å². The van der Waals surface area contributed by atoms with Gasteiger partial charge in [0.15, 0.2) is 11.5 Å². The van der Waals surface area contributed by atoms with Gasteiger partial charge in [0, 0.05) is 31.6 Å². The number of benzene rings is 1. The fraction of sp³-hybridized carbons (Fsp3) is 0.333. The van der Waals surface area contributed by atoms with Crippen LogP contribution in [0.2, 0.25) is 0 Å². The predicted octanol–water partition coefficient (Wildman–Crippen LogP) is 1.54. The van der Waals surface area contributed by atoms with Crippen molar-refractivity contribution in [3.8, 4) is 0 Å². The van der Waals surface area contributed by atoms with Gasteiger partial charge in [-0.1, -0.05) is 0 Å². The minimum absolute atomic E-state index is 0.184. The number of hydrogen-bond donors (Lipinski definition) is 0. The summed E-state index contributed by atoms with van der Waals surface area (Å²) in [6, 6.07) is 4.90. The number of amides is 1. The van der Waals surface area contributed by atoms with Crippen LogP contribution >= 0.6 is 0 Å². The van der Waals surface area contributed by atoms with E-state index >= 15 is 0 Å². The van der Waals surface area contributed by atoms with Crippen molar-refractivity contribution in [1.82, 2.24) is 4.98 Å². The molecule has 2 aromatic rings. The number of anilines is 1. The first-order valence-electron chi connectivity index (χ1n) is 5.95. The van der Waals surface area contributed by atoms with Gasteiger partial charge in [-0.3, -0.25) is 4.79 Å². The zero-order valence-electron chi connectivity index (χ0n) is 10.5. The summed E-state index contributed by atoms with van der Waals surface area (Å²) in [5.74, 6) is 0.0703. The van der Waals surface area contributed by atoms with E-state index in [1.165, 1.54) is 4.90 Å². The SMILES string of the molecule is Cc1nc2ccc(N3CC(S(=O)(=O)F)CC3=O)cc2o1. The van der Waals surface area contributed by atoms with Crippen LogP contribution in [0, 0.1) is 6.92 Å². The van der Waals surface area contributed by atoms with Crippen molar-refractivity contribution in [2.75, 3.05) is 11.4 Å². The molecule has 20 heavy (non-hydrogen) atoms. The Bertz CT molecular complexity index is 799. The summed E-state index contributed by atoms with van der Waals surface area (Å²) < 4.78 is 40.1. The Morgan fingerprint density at radius 2 is 2.20 bits per heavy atom. The molecule has 0 saturated carbocycles. The highest BCUT2D eigenvalue weighted by Crippen LogP contribution is 2.28. The molecular formula is C12H11FN2O4S. The molecule has 3 rings (SSSR count). The van der Waals surface area contributed by atoms with Crippen LogP contribution in [-0.2, 0) is 15.0 Å². The lowest BCUT2D eigenvalue weighted by molar-refractivity contribution is -0.117. The second-order valence-corrected chi connectivity index (χ2v) is 6.31. The molecule has 8 heteroatoms. The van der Waals surface area contributed by atoms with Crippen LogP contribution in [0.3, 0.4) is 0 Å². The number of aromatic nitrogens is 1. The summed E-state index contributed by atoms with van der Waals surface area (Å²) in [7, 11) is -4.71. The van der Waals surface area contributed by atoms with E-state index in [0.29, 0.717) is 22.7 Å². The van der Waals surface area contributed by atoms with Gasteiger partial charge in [0.05, 0.1) is 0 Å². The Hall–Kier alpha value is -1.96. The maximum Gasteiger partial charge on any atom is 0.307 e. The molecule has 2 heterocycles. The highest BCUT2D eigenvalue weighted by Gasteiger charge is 2.39. The van der Waals surface area contributed by atoms with Crippen LogP contribution < -0.4 is 4.90 Å². The zero-order chi connectivity index (χ0) is 14.5. The van der Waals surface area contributed by atoms with E-state index < -0.39 is 21.4 Å². The number of rotatable bonds is 2. The van der Waals surface area contributed by atoms with Gasteiger partial charge < -0.3 is 9.32 Å². The standard InChI is InChI=1S/C12H11FN2O4S/c1-7-14-10-3-2-8(4-11(10)19-7)15-6-9(5-12(15)16)20(13,17)18/h2-4,9H,5-6H2,1H3. The molecule has 1 unspecified atom stereocenters. The smallest absolute Gasteiger partial charge is 0.307 e. The van der Waals surface area contributed by atoms with Crippen LogP contribution in [0.4, 0.5) is 9.57 Å². The molecule has 0 spiro atoms. The summed E-state index contributed by atoms with van der Waals surface area (Å²) in [5.41, 5.74) is 1.62. The average Bonchev–Trinajstić information content (AvgIpc) is 2.89. The Morgan fingerprint density at radius 3 is 2.85 bits per heavy atom. The van der Waals surface area contributed by atoms with Crippen molar-refractivity contribution >= 4 is 32.9 Å². The maximum absolute atomic E-state index is 13.0. The number of nitrogens with zero attached hydrogens (tertiary/aromatic N) is 2. The molecule has 1 atom stereocenters. The van der Waals surface area contributed by atoms with Crippen LogP contribution in [0.15, 0.2) is 22.6 Å². The molecule has 1 amide bonds. The minimum atomic E-state index is -4.71. The number of fused-ring (bicyclic) bond motifs is 1. The van der Waals surface area contributed by atoms with Gasteiger partial charge in [-0.2, -0.15) is 8.42 Å². The normalized spacial score (nSPS) is 20.0. The predicted molar refractivity (Wildman–Crippen MR) is 69.5 cm³/mol. The van der Waals surface area contributed by atoms with Gasteiger partial charge in [0.25, 0.3) is 0 Å². The maximum atomic E-state index is 13.0. The summed E-state index contributed by atoms with van der Waals surface area (Å²) in [6.07, 6.45) is -0.341. The molecule has 0 aliphatic carbocycles. The minimum Gasteiger partial charge on any atom is -0.441 e. The lowest BCUT2D eigenvalue weighted by Crippen LogP contribution is -2.26. The Kier molecular flexibility index (Phi) is 2.79. The molecule has 1 fully saturated rings. The number of oxazole rings is 1. The molecule has 1 saturated heterocycles.